The van der Waals surface area contributed by atoms with Crippen LogP contribution in [0.25, 0.3) is 6.08 Å². The van der Waals surface area contributed by atoms with Crippen LogP contribution in [0.3, 0.4) is 0 Å². The molecule has 0 saturated heterocycles. The third-order valence-electron chi connectivity index (χ3n) is 5.93. The van der Waals surface area contributed by atoms with Gasteiger partial charge in [0.1, 0.15) is 11.8 Å². The van der Waals surface area contributed by atoms with Gasteiger partial charge in [0.2, 0.25) is 0 Å². The number of allylic oxidation sites excluding steroid dienone is 1. The summed E-state index contributed by atoms with van der Waals surface area (Å²) in [4.78, 5) is 34.6. The Morgan fingerprint density at radius 2 is 2.03 bits per heavy atom. The summed E-state index contributed by atoms with van der Waals surface area (Å²) in [6, 6.07) is 7.18. The lowest BCUT2D eigenvalue weighted by atomic mass is 10.0. The van der Waals surface area contributed by atoms with Crippen molar-refractivity contribution in [1.29, 1.82) is 0 Å². The standard InChI is InChI=1S/C25H26BrN3O4S2/c1-6-28(7-2)17-13-18(32-4)15(11-16(17)26)12-20-23(30)29-22(19-9-8-10-34-19)21(24(31)33-5)14(3)27-25(29)35-20/h8-13,22H,6-7H2,1-5H3. The summed E-state index contributed by atoms with van der Waals surface area (Å²) in [5.74, 6) is 0.179. The Morgan fingerprint density at radius 1 is 1.29 bits per heavy atom. The maximum absolute atomic E-state index is 13.7. The highest BCUT2D eigenvalue weighted by Gasteiger charge is 2.33. The van der Waals surface area contributed by atoms with E-state index in [0.29, 0.717) is 26.4 Å². The Kier molecular flexibility index (Phi) is 7.63. The quantitative estimate of drug-likeness (QED) is 0.397. The molecule has 3 aromatic rings. The van der Waals surface area contributed by atoms with Crippen molar-refractivity contribution in [2.24, 2.45) is 4.99 Å². The minimum absolute atomic E-state index is 0.216. The number of rotatable bonds is 7. The van der Waals surface area contributed by atoms with Crippen LogP contribution >= 0.6 is 38.6 Å². The largest absolute Gasteiger partial charge is 0.496 e. The first-order valence-electron chi connectivity index (χ1n) is 11.1. The third-order valence-corrected chi connectivity index (χ3v) is 8.47. The van der Waals surface area contributed by atoms with Crippen molar-refractivity contribution in [1.82, 2.24) is 4.57 Å². The first-order chi connectivity index (χ1) is 16.8. The molecular formula is C25H26BrN3O4S2. The van der Waals surface area contributed by atoms with E-state index < -0.39 is 12.0 Å². The molecule has 4 rings (SSSR count). The van der Waals surface area contributed by atoms with E-state index in [9.17, 15) is 9.59 Å². The molecule has 2 aromatic heterocycles. The van der Waals surface area contributed by atoms with Crippen LogP contribution in [0.5, 0.6) is 5.75 Å². The molecular weight excluding hydrogens is 550 g/mol. The van der Waals surface area contributed by atoms with Crippen molar-refractivity contribution in [2.45, 2.75) is 26.8 Å². The molecule has 0 aliphatic carbocycles. The summed E-state index contributed by atoms with van der Waals surface area (Å²) < 4.78 is 13.7. The lowest BCUT2D eigenvalue weighted by molar-refractivity contribution is -0.136. The molecule has 0 bridgehead atoms. The SMILES string of the molecule is CCN(CC)c1cc(OC)c(C=c2sc3n(c2=O)C(c2cccs2)C(C(=O)OC)=C(C)N=3)cc1Br. The number of halogens is 1. The molecule has 0 saturated carbocycles. The number of hydrogen-bond donors (Lipinski definition) is 0. The van der Waals surface area contributed by atoms with Gasteiger partial charge in [0, 0.05) is 34.1 Å². The van der Waals surface area contributed by atoms with E-state index in [2.05, 4.69) is 39.7 Å². The van der Waals surface area contributed by atoms with Gasteiger partial charge in [-0.2, -0.15) is 0 Å². The fourth-order valence-corrected chi connectivity index (χ4v) is 6.68. The van der Waals surface area contributed by atoms with Gasteiger partial charge >= 0.3 is 5.97 Å². The fraction of sp³-hybridized carbons (Fsp3) is 0.320. The van der Waals surface area contributed by atoms with Gasteiger partial charge in [-0.15, -0.1) is 11.3 Å². The summed E-state index contributed by atoms with van der Waals surface area (Å²) in [5, 5.41) is 1.93. The molecule has 0 spiro atoms. The summed E-state index contributed by atoms with van der Waals surface area (Å²) in [6.45, 7) is 7.70. The highest BCUT2D eigenvalue weighted by atomic mass is 79.9. The van der Waals surface area contributed by atoms with E-state index in [4.69, 9.17) is 9.47 Å². The molecule has 1 aliphatic heterocycles. The number of esters is 1. The van der Waals surface area contributed by atoms with Crippen molar-refractivity contribution < 1.29 is 14.3 Å². The van der Waals surface area contributed by atoms with Gasteiger partial charge in [0.15, 0.2) is 4.80 Å². The second-order valence-corrected chi connectivity index (χ2v) is 10.6. The number of benzene rings is 1. The number of fused-ring (bicyclic) bond motifs is 1. The normalized spacial score (nSPS) is 15.6. The van der Waals surface area contributed by atoms with Crippen LogP contribution in [0.15, 0.2) is 55.2 Å². The van der Waals surface area contributed by atoms with Crippen LogP contribution < -0.4 is 24.5 Å². The molecule has 7 nitrogen and oxygen atoms in total. The molecule has 3 heterocycles. The molecule has 0 fully saturated rings. The number of anilines is 1. The topological polar surface area (TPSA) is 73.1 Å². The molecule has 0 amide bonds. The predicted molar refractivity (Wildman–Crippen MR) is 144 cm³/mol. The average molecular weight is 577 g/mol. The Hall–Kier alpha value is -2.69. The molecule has 10 heteroatoms. The number of hydrogen-bond acceptors (Lipinski definition) is 8. The highest BCUT2D eigenvalue weighted by molar-refractivity contribution is 9.10. The zero-order valence-electron chi connectivity index (χ0n) is 20.1. The maximum atomic E-state index is 13.7. The lowest BCUT2D eigenvalue weighted by Gasteiger charge is -2.23. The molecule has 1 aliphatic rings. The van der Waals surface area contributed by atoms with Gasteiger partial charge in [-0.05, 0) is 60.3 Å². The zero-order chi connectivity index (χ0) is 25.3. The summed E-state index contributed by atoms with van der Waals surface area (Å²) in [7, 11) is 2.96. The fourth-order valence-electron chi connectivity index (χ4n) is 4.20. The first kappa shape index (κ1) is 25.4. The lowest BCUT2D eigenvalue weighted by Crippen LogP contribution is -2.39. The highest BCUT2D eigenvalue weighted by Crippen LogP contribution is 2.35. The minimum atomic E-state index is -0.584. The molecule has 1 unspecified atom stereocenters. The third kappa shape index (κ3) is 4.62. The van der Waals surface area contributed by atoms with Crippen LogP contribution in [0.2, 0.25) is 0 Å². The summed E-state index contributed by atoms with van der Waals surface area (Å²) in [5.41, 5.74) is 2.51. The number of nitrogens with zero attached hydrogens (tertiary/aromatic N) is 3. The molecule has 1 atom stereocenters. The summed E-state index contributed by atoms with van der Waals surface area (Å²) in [6.07, 6.45) is 1.82. The monoisotopic (exact) mass is 575 g/mol. The van der Waals surface area contributed by atoms with Crippen LogP contribution in [0.1, 0.15) is 37.3 Å². The van der Waals surface area contributed by atoms with E-state index in [1.165, 1.54) is 29.8 Å². The smallest absolute Gasteiger partial charge is 0.338 e. The van der Waals surface area contributed by atoms with Crippen LogP contribution in [0, 0.1) is 0 Å². The Labute approximate surface area is 219 Å². The molecule has 35 heavy (non-hydrogen) atoms. The zero-order valence-corrected chi connectivity index (χ0v) is 23.3. The summed E-state index contributed by atoms with van der Waals surface area (Å²) >= 11 is 6.46. The van der Waals surface area contributed by atoms with Gasteiger partial charge < -0.3 is 14.4 Å². The molecule has 0 radical (unpaired) electrons. The van der Waals surface area contributed by atoms with Gasteiger partial charge in [0.25, 0.3) is 5.56 Å². The Morgan fingerprint density at radius 3 is 2.63 bits per heavy atom. The number of carbonyl (C=O) groups is 1. The van der Waals surface area contributed by atoms with Crippen molar-refractivity contribution in [3.05, 3.63) is 75.5 Å². The molecule has 1 aromatic carbocycles. The van der Waals surface area contributed by atoms with E-state index in [1.807, 2.05) is 35.7 Å². The minimum Gasteiger partial charge on any atom is -0.496 e. The number of methoxy groups -OCH3 is 2. The predicted octanol–water partition coefficient (Wildman–Crippen LogP) is 4.09. The van der Waals surface area contributed by atoms with Gasteiger partial charge in [0.05, 0.1) is 35.7 Å². The van der Waals surface area contributed by atoms with Gasteiger partial charge in [-0.3, -0.25) is 9.36 Å². The van der Waals surface area contributed by atoms with Crippen molar-refractivity contribution in [2.75, 3.05) is 32.2 Å². The van der Waals surface area contributed by atoms with E-state index >= 15 is 0 Å². The van der Waals surface area contributed by atoms with Crippen LogP contribution in [-0.2, 0) is 9.53 Å². The molecule has 0 N–H and O–H groups in total. The number of thiazole rings is 1. The van der Waals surface area contributed by atoms with Crippen molar-refractivity contribution in [3.8, 4) is 5.75 Å². The second-order valence-electron chi connectivity index (χ2n) is 7.81. The van der Waals surface area contributed by atoms with E-state index in [0.717, 1.165) is 33.7 Å². The van der Waals surface area contributed by atoms with Crippen molar-refractivity contribution in [3.63, 3.8) is 0 Å². The Balaban J connectivity index is 1.92. The van der Waals surface area contributed by atoms with Crippen LogP contribution in [0.4, 0.5) is 5.69 Å². The second kappa shape index (κ2) is 10.5. The van der Waals surface area contributed by atoms with Gasteiger partial charge in [-0.1, -0.05) is 17.4 Å². The van der Waals surface area contributed by atoms with E-state index in [1.54, 1.807) is 18.6 Å². The number of carbonyl (C=O) groups excluding carboxylic acids is 1. The maximum Gasteiger partial charge on any atom is 0.338 e. The number of ether oxygens (including phenoxy) is 2. The van der Waals surface area contributed by atoms with Crippen molar-refractivity contribution >= 4 is 56.3 Å². The number of thiophene rings is 1. The molecule has 184 valence electrons. The first-order valence-corrected chi connectivity index (χ1v) is 13.6. The number of aromatic nitrogens is 1. The average Bonchev–Trinajstić information content (AvgIpc) is 3.48. The van der Waals surface area contributed by atoms with Crippen LogP contribution in [-0.4, -0.2) is 37.8 Å². The van der Waals surface area contributed by atoms with Gasteiger partial charge in [-0.25, -0.2) is 9.79 Å². The van der Waals surface area contributed by atoms with E-state index in [-0.39, 0.29) is 5.56 Å². The Bertz CT molecular complexity index is 1470.